The molecule has 1 fully saturated rings. The molecule has 1 aliphatic rings. The zero-order valence-corrected chi connectivity index (χ0v) is 17.1. The molecule has 5 heteroatoms. The maximum Gasteiger partial charge on any atom is 0.416 e. The van der Waals surface area contributed by atoms with Gasteiger partial charge in [-0.1, -0.05) is 54.6 Å². The molecule has 0 radical (unpaired) electrons. The molecular weight excluding hydrogens is 441 g/mol. The van der Waals surface area contributed by atoms with Crippen LogP contribution in [-0.4, -0.2) is 22.3 Å². The fraction of sp³-hybridized carbons (Fsp3) is 0.238. The van der Waals surface area contributed by atoms with Crippen molar-refractivity contribution >= 4 is 38.0 Å². The first-order valence-electron chi connectivity index (χ1n) is 8.35. The van der Waals surface area contributed by atoms with Gasteiger partial charge in [-0.15, -0.1) is 0 Å². The van der Waals surface area contributed by atoms with Gasteiger partial charge in [0.15, 0.2) is 5.78 Å². The fourth-order valence-corrected chi connectivity index (χ4v) is 4.07. The number of amides is 1. The Morgan fingerprint density at radius 2 is 1.62 bits per heavy atom. The Kier molecular flexibility index (Phi) is 5.18. The molecule has 0 atom stereocenters. The van der Waals surface area contributed by atoms with Crippen molar-refractivity contribution in [2.75, 3.05) is 0 Å². The summed E-state index contributed by atoms with van der Waals surface area (Å²) < 4.78 is 6.51. The molecule has 0 saturated carbocycles. The third-order valence-corrected chi connectivity index (χ3v) is 5.68. The number of benzene rings is 2. The molecule has 26 heavy (non-hydrogen) atoms. The van der Waals surface area contributed by atoms with E-state index >= 15 is 0 Å². The Bertz CT molecular complexity index is 870. The Morgan fingerprint density at radius 3 is 2.19 bits per heavy atom. The first kappa shape index (κ1) is 18.6. The van der Waals surface area contributed by atoms with Crippen LogP contribution in [-0.2, 0) is 11.3 Å². The Hall–Kier alpha value is -2.15. The number of nitrogens with zero attached hydrogens (tertiary/aromatic N) is 1. The smallest absolute Gasteiger partial charge is 0.411 e. The highest BCUT2D eigenvalue weighted by Crippen LogP contribution is 2.41. The van der Waals surface area contributed by atoms with Gasteiger partial charge in [-0.05, 0) is 54.5 Å². The van der Waals surface area contributed by atoms with Gasteiger partial charge in [-0.3, -0.25) is 9.69 Å². The van der Waals surface area contributed by atoms with Crippen LogP contribution in [0.3, 0.4) is 0 Å². The van der Waals surface area contributed by atoms with Crippen LogP contribution in [0.5, 0.6) is 0 Å². The van der Waals surface area contributed by atoms with Gasteiger partial charge < -0.3 is 4.74 Å². The van der Waals surface area contributed by atoms with Crippen molar-refractivity contribution in [2.24, 2.45) is 0 Å². The third kappa shape index (κ3) is 3.53. The lowest BCUT2D eigenvalue weighted by atomic mass is 9.98. The number of carbonyl (C=O) groups is 2. The maximum atomic E-state index is 12.5. The van der Waals surface area contributed by atoms with E-state index in [1.165, 1.54) is 0 Å². The van der Waals surface area contributed by atoms with Crippen LogP contribution < -0.4 is 0 Å². The first-order chi connectivity index (χ1) is 12.3. The molecule has 0 aliphatic carbocycles. The Balaban J connectivity index is 1.93. The average molecular weight is 461 g/mol. The van der Waals surface area contributed by atoms with E-state index in [1.807, 2.05) is 56.3 Å². The van der Waals surface area contributed by atoms with E-state index in [0.717, 1.165) is 14.7 Å². The molecule has 3 rings (SSSR count). The Labute approximate surface area is 167 Å². The summed E-state index contributed by atoms with van der Waals surface area (Å²) in [5.41, 5.74) is 2.08. The minimum absolute atomic E-state index is 0.0286. The number of rotatable bonds is 4. The first-order valence-corrected chi connectivity index (χ1v) is 9.43. The molecule has 0 N–H and O–H groups in total. The summed E-state index contributed by atoms with van der Waals surface area (Å²) in [6.07, 6.45) is -0.344. The highest BCUT2D eigenvalue weighted by molar-refractivity contribution is 14.1. The molecular formula is C21H20INO3. The molecule has 2 aromatic carbocycles. The summed E-state index contributed by atoms with van der Waals surface area (Å²) in [5.74, 6) is 0.662. The fourth-order valence-electron chi connectivity index (χ4n) is 2.94. The summed E-state index contributed by atoms with van der Waals surface area (Å²) >= 11 is 2.21. The normalized spacial score (nSPS) is 17.8. The number of Topliss-reactive ketones (excluding diaryl/α,β-unsaturated/α-hetero) is 1. The number of cyclic esters (lactones) is 1. The van der Waals surface area contributed by atoms with Crippen LogP contribution >= 0.6 is 22.6 Å². The number of ether oxygens (including phenoxy) is 1. The van der Waals surface area contributed by atoms with Crippen LogP contribution in [0.4, 0.5) is 4.79 Å². The van der Waals surface area contributed by atoms with E-state index < -0.39 is 5.54 Å². The molecule has 0 aromatic heterocycles. The van der Waals surface area contributed by atoms with Crippen molar-refractivity contribution in [3.8, 4) is 0 Å². The van der Waals surface area contributed by atoms with Crippen LogP contribution in [0.1, 0.15) is 42.3 Å². The van der Waals surface area contributed by atoms with Crippen molar-refractivity contribution in [1.29, 1.82) is 0 Å². The minimum atomic E-state index is -0.567. The van der Waals surface area contributed by atoms with E-state index in [4.69, 9.17) is 4.74 Å². The highest BCUT2D eigenvalue weighted by atomic mass is 127. The van der Waals surface area contributed by atoms with Crippen molar-refractivity contribution in [2.45, 2.75) is 32.9 Å². The van der Waals surface area contributed by atoms with Gasteiger partial charge >= 0.3 is 6.09 Å². The van der Waals surface area contributed by atoms with Gasteiger partial charge in [0, 0.05) is 5.56 Å². The van der Waals surface area contributed by atoms with E-state index in [2.05, 4.69) is 22.6 Å². The van der Waals surface area contributed by atoms with Gasteiger partial charge in [0.1, 0.15) is 11.3 Å². The number of carbonyl (C=O) groups excluding carboxylic acids is 2. The van der Waals surface area contributed by atoms with Crippen LogP contribution in [0.25, 0.3) is 3.58 Å². The monoisotopic (exact) mass is 461 g/mol. The van der Waals surface area contributed by atoms with E-state index in [1.54, 1.807) is 24.0 Å². The predicted octanol–water partition coefficient (Wildman–Crippen LogP) is 5.42. The van der Waals surface area contributed by atoms with Gasteiger partial charge in [0.2, 0.25) is 0 Å². The van der Waals surface area contributed by atoms with Crippen molar-refractivity contribution in [3.63, 3.8) is 0 Å². The van der Waals surface area contributed by atoms with Crippen molar-refractivity contribution < 1.29 is 14.3 Å². The zero-order chi connectivity index (χ0) is 18.9. The van der Waals surface area contributed by atoms with Crippen LogP contribution in [0.15, 0.2) is 60.4 Å². The minimum Gasteiger partial charge on any atom is -0.411 e. The summed E-state index contributed by atoms with van der Waals surface area (Å²) in [5, 5.41) is 0. The number of hydrogen-bond donors (Lipinski definition) is 0. The molecule has 1 heterocycles. The standard InChI is InChI=1S/C21H20INO3/c1-14(24)16-9-11-17(12-10-16)18(22)19-21(2,3)23(20(25)26-19)13-15-7-5-4-6-8-15/h4-12H,13H2,1-3H3/b19-18+. The van der Waals surface area contributed by atoms with Gasteiger partial charge in [0.25, 0.3) is 0 Å². The van der Waals surface area contributed by atoms with Gasteiger partial charge in [-0.2, -0.15) is 0 Å². The molecule has 1 aliphatic heterocycles. The van der Waals surface area contributed by atoms with Gasteiger partial charge in [-0.25, -0.2) is 4.79 Å². The van der Waals surface area contributed by atoms with Crippen molar-refractivity contribution in [3.05, 3.63) is 77.0 Å². The Morgan fingerprint density at radius 1 is 1.04 bits per heavy atom. The largest absolute Gasteiger partial charge is 0.416 e. The van der Waals surface area contributed by atoms with Crippen molar-refractivity contribution in [1.82, 2.24) is 4.90 Å². The lowest BCUT2D eigenvalue weighted by Crippen LogP contribution is -2.40. The number of halogens is 1. The number of hydrogen-bond acceptors (Lipinski definition) is 3. The van der Waals surface area contributed by atoms with E-state index in [0.29, 0.717) is 17.9 Å². The SMILES string of the molecule is CC(=O)c1ccc(/C(I)=C2\OC(=O)N(Cc3ccccc3)C2(C)C)cc1. The topological polar surface area (TPSA) is 46.6 Å². The second kappa shape index (κ2) is 7.23. The van der Waals surface area contributed by atoms with E-state index in [-0.39, 0.29) is 11.9 Å². The van der Waals surface area contributed by atoms with Crippen LogP contribution in [0.2, 0.25) is 0 Å². The lowest BCUT2D eigenvalue weighted by molar-refractivity contribution is 0.101. The summed E-state index contributed by atoms with van der Waals surface area (Å²) in [4.78, 5) is 25.7. The molecule has 1 saturated heterocycles. The average Bonchev–Trinajstić information content (AvgIpc) is 2.85. The molecule has 0 spiro atoms. The molecule has 0 bridgehead atoms. The second-order valence-corrected chi connectivity index (χ2v) is 7.85. The summed E-state index contributed by atoms with van der Waals surface area (Å²) in [6.45, 7) is 6.00. The second-order valence-electron chi connectivity index (χ2n) is 6.78. The predicted molar refractivity (Wildman–Crippen MR) is 110 cm³/mol. The zero-order valence-electron chi connectivity index (χ0n) is 15.0. The number of ketones is 1. The molecule has 2 aromatic rings. The quantitative estimate of drug-likeness (QED) is 0.451. The molecule has 134 valence electrons. The lowest BCUT2D eigenvalue weighted by Gasteiger charge is -2.29. The maximum absolute atomic E-state index is 12.5. The van der Waals surface area contributed by atoms with Crippen LogP contribution in [0, 0.1) is 0 Å². The molecule has 1 amide bonds. The van der Waals surface area contributed by atoms with Gasteiger partial charge in [0.05, 0.1) is 10.1 Å². The highest BCUT2D eigenvalue weighted by Gasteiger charge is 2.46. The third-order valence-electron chi connectivity index (χ3n) is 4.57. The van der Waals surface area contributed by atoms with E-state index in [9.17, 15) is 9.59 Å². The molecule has 4 nitrogen and oxygen atoms in total. The molecule has 0 unspecified atom stereocenters. The summed E-state index contributed by atoms with van der Waals surface area (Å²) in [6, 6.07) is 17.2. The summed E-state index contributed by atoms with van der Waals surface area (Å²) in [7, 11) is 0.